The van der Waals surface area contributed by atoms with E-state index in [9.17, 15) is 20.1 Å². The maximum Gasteiger partial charge on any atom is 0.407 e. The minimum atomic E-state index is -1.28. The zero-order valence-electron chi connectivity index (χ0n) is 28.7. The monoisotopic (exact) mass is 633 g/mol. The number of carbonyl (C=O) groups excluding carboxylic acids is 1. The van der Waals surface area contributed by atoms with Crippen LogP contribution in [-0.4, -0.2) is 71.9 Å². The third-order valence-electron chi connectivity index (χ3n) is 13.1. The van der Waals surface area contributed by atoms with Crippen LogP contribution in [0.25, 0.3) is 0 Å². The number of unbranched alkanes of at least 4 members (excludes halogenated alkanes) is 1. The molecule has 1 saturated heterocycles. The van der Waals surface area contributed by atoms with Gasteiger partial charge in [-0.3, -0.25) is 0 Å². The first-order chi connectivity index (χ1) is 21.4. The van der Waals surface area contributed by atoms with Gasteiger partial charge in [-0.1, -0.05) is 65.5 Å². The molecule has 0 radical (unpaired) electrons. The predicted octanol–water partition coefficient (Wildman–Crippen LogP) is 6.36. The minimum absolute atomic E-state index is 0.0627. The zero-order valence-corrected chi connectivity index (χ0v) is 28.7. The molecule has 12 atom stereocenters. The molecule has 0 aromatic rings. The summed E-state index contributed by atoms with van der Waals surface area (Å²) in [5, 5.41) is 32.1. The van der Waals surface area contributed by atoms with Crippen molar-refractivity contribution in [3.63, 3.8) is 0 Å². The molecule has 8 heteroatoms. The molecule has 8 nitrogen and oxygen atoms in total. The summed E-state index contributed by atoms with van der Waals surface area (Å²) in [6.45, 7) is 13.2. The fourth-order valence-corrected chi connectivity index (χ4v) is 10.5. The summed E-state index contributed by atoms with van der Waals surface area (Å²) >= 11 is 0. The second kappa shape index (κ2) is 14.9. The lowest BCUT2D eigenvalue weighted by Gasteiger charge is -2.58. The molecular weight excluding hydrogens is 570 g/mol. The van der Waals surface area contributed by atoms with Crippen molar-refractivity contribution < 1.29 is 34.3 Å². The average molecular weight is 634 g/mol. The summed E-state index contributed by atoms with van der Waals surface area (Å²) in [6.07, 6.45) is 12.7. The van der Waals surface area contributed by atoms with E-state index in [0.717, 1.165) is 54.8 Å². The van der Waals surface area contributed by atoms with Crippen LogP contribution in [0.1, 0.15) is 118 Å². The molecule has 5 aliphatic rings. The summed E-state index contributed by atoms with van der Waals surface area (Å²) in [5.41, 5.74) is 2.28. The molecule has 3 saturated carbocycles. The molecule has 0 spiro atoms. The number of rotatable bonds is 12. The first-order valence-corrected chi connectivity index (χ1v) is 18.4. The smallest absolute Gasteiger partial charge is 0.407 e. The number of ether oxygens (including phenoxy) is 3. The molecule has 4 aliphatic carbocycles. The van der Waals surface area contributed by atoms with Crippen molar-refractivity contribution in [3.05, 3.63) is 11.6 Å². The van der Waals surface area contributed by atoms with Crippen molar-refractivity contribution in [1.82, 2.24) is 5.32 Å². The van der Waals surface area contributed by atoms with Gasteiger partial charge in [0.15, 0.2) is 6.29 Å². The Labute approximate surface area is 272 Å². The van der Waals surface area contributed by atoms with Crippen LogP contribution >= 0.6 is 0 Å². The van der Waals surface area contributed by atoms with Crippen molar-refractivity contribution in [3.8, 4) is 0 Å². The second-order valence-electron chi connectivity index (χ2n) is 16.3. The minimum Gasteiger partial charge on any atom is -0.446 e. The summed E-state index contributed by atoms with van der Waals surface area (Å²) in [4.78, 5) is 12.6. The lowest BCUT2D eigenvalue weighted by molar-refractivity contribution is -0.270. The standard InChI is InChI=1S/C37H63NO7/c1-23(2)9-8-10-24(3)28-13-14-29-27-12-11-25-21-26(15-17-36(25,4)30(27)16-18-37(28,29)5)45-35(42)38-19-6-7-20-43-34-33(41)32(40)31(39)22-44-34/h11,23-24,26-34,39-41H,6-10,12-22H2,1-5H3,(H,38,42)/t24-,26+,27+,28-,29+,30+,31-,32?,33+,34-,36+,37-/m1/s1. The van der Waals surface area contributed by atoms with Crippen LogP contribution in [0.5, 0.6) is 0 Å². The Morgan fingerprint density at radius 3 is 2.58 bits per heavy atom. The Hall–Kier alpha value is -1.19. The molecule has 0 aromatic carbocycles. The number of amides is 1. The van der Waals surface area contributed by atoms with Crippen LogP contribution < -0.4 is 5.32 Å². The van der Waals surface area contributed by atoms with Crippen molar-refractivity contribution in [2.24, 2.45) is 46.3 Å². The third-order valence-corrected chi connectivity index (χ3v) is 13.1. The largest absolute Gasteiger partial charge is 0.446 e. The molecular formula is C37H63NO7. The van der Waals surface area contributed by atoms with Crippen LogP contribution in [0.3, 0.4) is 0 Å². The first kappa shape index (κ1) is 35.1. The number of carbonyl (C=O) groups is 1. The van der Waals surface area contributed by atoms with Gasteiger partial charge in [-0.2, -0.15) is 0 Å². The first-order valence-electron chi connectivity index (χ1n) is 18.4. The molecule has 5 rings (SSSR count). The predicted molar refractivity (Wildman–Crippen MR) is 174 cm³/mol. The van der Waals surface area contributed by atoms with Crippen LogP contribution in [0, 0.1) is 46.3 Å². The summed E-state index contributed by atoms with van der Waals surface area (Å²) in [7, 11) is 0. The fourth-order valence-electron chi connectivity index (χ4n) is 10.5. The molecule has 45 heavy (non-hydrogen) atoms. The topological polar surface area (TPSA) is 117 Å². The Morgan fingerprint density at radius 2 is 1.80 bits per heavy atom. The molecule has 0 aromatic heterocycles. The van der Waals surface area contributed by atoms with Crippen LogP contribution in [0.4, 0.5) is 4.79 Å². The van der Waals surface area contributed by atoms with Gasteiger partial charge >= 0.3 is 6.09 Å². The number of aliphatic hydroxyl groups is 3. The SMILES string of the molecule is CC(C)CCC[C@@H](C)[C@H]1CC[C@H]2[C@@H]3CC=C4C[C@@H](OC(=O)NCCCCO[C@@H]5OC[C@@H](O)C(O)[C@@H]5O)CC[C@]4(C)[C@H]3CC[C@]12C. The van der Waals surface area contributed by atoms with Gasteiger partial charge < -0.3 is 34.8 Å². The number of aliphatic hydroxyl groups excluding tert-OH is 3. The van der Waals surface area contributed by atoms with E-state index in [2.05, 4.69) is 46.0 Å². The van der Waals surface area contributed by atoms with Crippen LogP contribution in [0.2, 0.25) is 0 Å². The number of allylic oxidation sites excluding steroid dienone is 1. The number of nitrogens with one attached hydrogen (secondary N) is 1. The second-order valence-corrected chi connectivity index (χ2v) is 16.3. The van der Waals surface area contributed by atoms with Gasteiger partial charge in [-0.25, -0.2) is 4.79 Å². The fraction of sp³-hybridized carbons (Fsp3) is 0.919. The van der Waals surface area contributed by atoms with Gasteiger partial charge in [0.05, 0.1) is 6.61 Å². The van der Waals surface area contributed by atoms with Gasteiger partial charge in [-0.05, 0) is 104 Å². The lowest BCUT2D eigenvalue weighted by Crippen LogP contribution is -2.53. The maximum absolute atomic E-state index is 12.6. The number of fused-ring (bicyclic) bond motifs is 5. The van der Waals surface area contributed by atoms with Gasteiger partial charge in [0, 0.05) is 19.6 Å². The molecule has 4 N–H and O–H groups in total. The Morgan fingerprint density at radius 1 is 1.00 bits per heavy atom. The highest BCUT2D eigenvalue weighted by atomic mass is 16.7. The number of hydrogen-bond acceptors (Lipinski definition) is 7. The quantitative estimate of drug-likeness (QED) is 0.146. The van der Waals surface area contributed by atoms with E-state index in [0.29, 0.717) is 31.4 Å². The molecule has 1 amide bonds. The highest BCUT2D eigenvalue weighted by Crippen LogP contribution is 2.67. The Balaban J connectivity index is 1.05. The average Bonchev–Trinajstić information content (AvgIpc) is 3.36. The summed E-state index contributed by atoms with van der Waals surface area (Å²) in [6, 6.07) is 0. The number of alkyl carbamates (subject to hydrolysis) is 1. The summed E-state index contributed by atoms with van der Waals surface area (Å²) in [5.74, 6) is 4.95. The number of hydrogen-bond donors (Lipinski definition) is 4. The Kier molecular flexibility index (Phi) is 11.7. The van der Waals surface area contributed by atoms with E-state index in [-0.39, 0.29) is 24.2 Å². The molecule has 1 aliphatic heterocycles. The van der Waals surface area contributed by atoms with Crippen LogP contribution in [0.15, 0.2) is 11.6 Å². The van der Waals surface area contributed by atoms with Gasteiger partial charge in [0.25, 0.3) is 0 Å². The van der Waals surface area contributed by atoms with Crippen molar-refractivity contribution >= 4 is 6.09 Å². The van der Waals surface area contributed by atoms with Crippen molar-refractivity contribution in [2.75, 3.05) is 19.8 Å². The lowest BCUT2D eigenvalue weighted by atomic mass is 9.47. The molecule has 1 unspecified atom stereocenters. The van der Waals surface area contributed by atoms with Gasteiger partial charge in [-0.15, -0.1) is 0 Å². The molecule has 1 heterocycles. The normalized spacial score (nSPS) is 41.9. The molecule has 4 fully saturated rings. The van der Waals surface area contributed by atoms with E-state index in [4.69, 9.17) is 14.2 Å². The van der Waals surface area contributed by atoms with E-state index < -0.39 is 24.6 Å². The van der Waals surface area contributed by atoms with Gasteiger partial charge in [0.2, 0.25) is 0 Å². The van der Waals surface area contributed by atoms with Crippen molar-refractivity contribution in [2.45, 2.75) is 149 Å². The summed E-state index contributed by atoms with van der Waals surface area (Å²) < 4.78 is 16.7. The van der Waals surface area contributed by atoms with E-state index >= 15 is 0 Å². The van der Waals surface area contributed by atoms with E-state index in [1.807, 2.05) is 0 Å². The Bertz CT molecular complexity index is 1020. The van der Waals surface area contributed by atoms with Crippen molar-refractivity contribution in [1.29, 1.82) is 0 Å². The van der Waals surface area contributed by atoms with E-state index in [1.54, 1.807) is 0 Å². The van der Waals surface area contributed by atoms with Gasteiger partial charge in [0.1, 0.15) is 24.4 Å². The highest BCUT2D eigenvalue weighted by molar-refractivity contribution is 5.67. The molecule has 258 valence electrons. The van der Waals surface area contributed by atoms with E-state index in [1.165, 1.54) is 56.9 Å². The van der Waals surface area contributed by atoms with Crippen LogP contribution in [-0.2, 0) is 14.2 Å². The molecule has 0 bridgehead atoms. The zero-order chi connectivity index (χ0) is 32.4. The third kappa shape index (κ3) is 7.61. The highest BCUT2D eigenvalue weighted by Gasteiger charge is 2.59. The maximum atomic E-state index is 12.6.